The van der Waals surface area contributed by atoms with Crippen LogP contribution < -0.4 is 5.32 Å². The SMILES string of the molecule is O=C(N[C@H](CN1CCCC1=O)c1ccccc1)[C@H]1CCCc2ccccc21. The first kappa shape index (κ1) is 17.8. The fourth-order valence-electron chi connectivity index (χ4n) is 4.34. The van der Waals surface area contributed by atoms with E-state index >= 15 is 0 Å². The second kappa shape index (κ2) is 7.95. The molecule has 0 spiro atoms. The summed E-state index contributed by atoms with van der Waals surface area (Å²) in [5.41, 5.74) is 3.50. The maximum absolute atomic E-state index is 13.2. The van der Waals surface area contributed by atoms with Crippen molar-refractivity contribution >= 4 is 11.8 Å². The number of hydrogen-bond acceptors (Lipinski definition) is 2. The first-order valence-electron chi connectivity index (χ1n) is 9.93. The van der Waals surface area contributed by atoms with Crippen LogP contribution in [0.3, 0.4) is 0 Å². The lowest BCUT2D eigenvalue weighted by Crippen LogP contribution is -2.41. The van der Waals surface area contributed by atoms with Crippen LogP contribution in [0.5, 0.6) is 0 Å². The third-order valence-electron chi connectivity index (χ3n) is 5.78. The molecule has 1 fully saturated rings. The van der Waals surface area contributed by atoms with Gasteiger partial charge in [0.2, 0.25) is 11.8 Å². The zero-order valence-electron chi connectivity index (χ0n) is 15.6. The summed E-state index contributed by atoms with van der Waals surface area (Å²) in [7, 11) is 0. The van der Waals surface area contributed by atoms with Gasteiger partial charge in [0.05, 0.1) is 12.0 Å². The minimum atomic E-state index is -0.171. The molecule has 2 aromatic rings. The van der Waals surface area contributed by atoms with Gasteiger partial charge in [0, 0.05) is 19.5 Å². The first-order chi connectivity index (χ1) is 13.2. The number of carbonyl (C=O) groups excluding carboxylic acids is 2. The minimum absolute atomic E-state index is 0.0719. The number of aryl methyl sites for hydroxylation is 1. The number of amides is 2. The molecule has 2 atom stereocenters. The Balaban J connectivity index is 1.54. The highest BCUT2D eigenvalue weighted by molar-refractivity contribution is 5.85. The summed E-state index contributed by atoms with van der Waals surface area (Å²) >= 11 is 0. The molecule has 0 aromatic heterocycles. The number of rotatable bonds is 5. The lowest BCUT2D eigenvalue weighted by molar-refractivity contribution is -0.129. The van der Waals surface area contributed by atoms with Crippen molar-refractivity contribution in [2.24, 2.45) is 0 Å². The van der Waals surface area contributed by atoms with Crippen LogP contribution in [-0.4, -0.2) is 29.8 Å². The van der Waals surface area contributed by atoms with Gasteiger partial charge in [-0.3, -0.25) is 9.59 Å². The fraction of sp³-hybridized carbons (Fsp3) is 0.391. The van der Waals surface area contributed by atoms with E-state index in [1.54, 1.807) is 0 Å². The molecule has 1 N–H and O–H groups in total. The minimum Gasteiger partial charge on any atom is -0.347 e. The van der Waals surface area contributed by atoms with Crippen LogP contribution in [0.4, 0.5) is 0 Å². The quantitative estimate of drug-likeness (QED) is 0.884. The molecule has 1 saturated heterocycles. The smallest absolute Gasteiger partial charge is 0.228 e. The Morgan fingerprint density at radius 3 is 2.59 bits per heavy atom. The molecule has 2 amide bonds. The van der Waals surface area contributed by atoms with Gasteiger partial charge in [-0.2, -0.15) is 0 Å². The molecule has 0 saturated carbocycles. The van der Waals surface area contributed by atoms with E-state index in [0.717, 1.165) is 43.4 Å². The summed E-state index contributed by atoms with van der Waals surface area (Å²) in [6.45, 7) is 1.33. The van der Waals surface area contributed by atoms with Crippen molar-refractivity contribution < 1.29 is 9.59 Å². The number of fused-ring (bicyclic) bond motifs is 1. The Morgan fingerprint density at radius 2 is 1.81 bits per heavy atom. The van der Waals surface area contributed by atoms with Crippen molar-refractivity contribution in [3.63, 3.8) is 0 Å². The monoisotopic (exact) mass is 362 g/mol. The van der Waals surface area contributed by atoms with Crippen LogP contribution in [-0.2, 0) is 16.0 Å². The summed E-state index contributed by atoms with van der Waals surface area (Å²) in [6, 6.07) is 18.1. The van der Waals surface area contributed by atoms with Gasteiger partial charge in [0.1, 0.15) is 0 Å². The standard InChI is InChI=1S/C23H26N2O2/c26-22-14-7-15-25(22)16-21(18-9-2-1-3-10-18)24-23(27)20-13-6-11-17-8-4-5-12-19(17)20/h1-5,8-10,12,20-21H,6-7,11,13-16H2,(H,24,27)/t20-,21+/m0/s1. The summed E-state index contributed by atoms with van der Waals surface area (Å²) in [5, 5.41) is 3.26. The van der Waals surface area contributed by atoms with Gasteiger partial charge in [-0.05, 0) is 42.4 Å². The van der Waals surface area contributed by atoms with Crippen LogP contribution in [0.25, 0.3) is 0 Å². The van der Waals surface area contributed by atoms with E-state index < -0.39 is 0 Å². The van der Waals surface area contributed by atoms with Gasteiger partial charge in [0.25, 0.3) is 0 Å². The number of likely N-dealkylation sites (tertiary alicyclic amines) is 1. The molecule has 4 nitrogen and oxygen atoms in total. The van der Waals surface area contributed by atoms with Crippen LogP contribution >= 0.6 is 0 Å². The molecule has 2 aromatic carbocycles. The molecule has 1 aliphatic heterocycles. The zero-order chi connectivity index (χ0) is 18.6. The summed E-state index contributed by atoms with van der Waals surface area (Å²) in [4.78, 5) is 27.2. The highest BCUT2D eigenvalue weighted by atomic mass is 16.2. The summed E-state index contributed by atoms with van der Waals surface area (Å²) < 4.78 is 0. The second-order valence-electron chi connectivity index (χ2n) is 7.56. The second-order valence-corrected chi connectivity index (χ2v) is 7.56. The van der Waals surface area contributed by atoms with Gasteiger partial charge in [0.15, 0.2) is 0 Å². The molecule has 4 rings (SSSR count). The first-order valence-corrected chi connectivity index (χ1v) is 9.93. The normalized spacial score (nSPS) is 20.2. The third-order valence-corrected chi connectivity index (χ3v) is 5.78. The lowest BCUT2D eigenvalue weighted by atomic mass is 9.82. The number of nitrogens with one attached hydrogen (secondary N) is 1. The van der Waals surface area contributed by atoms with Crippen molar-refractivity contribution in [1.82, 2.24) is 10.2 Å². The van der Waals surface area contributed by atoms with E-state index in [-0.39, 0.29) is 23.8 Å². The molecule has 1 aliphatic carbocycles. The van der Waals surface area contributed by atoms with Gasteiger partial charge in [-0.25, -0.2) is 0 Å². The van der Waals surface area contributed by atoms with Crippen molar-refractivity contribution in [2.45, 2.75) is 44.1 Å². The van der Waals surface area contributed by atoms with E-state index in [2.05, 4.69) is 17.4 Å². The van der Waals surface area contributed by atoms with Gasteiger partial charge in [-0.15, -0.1) is 0 Å². The predicted molar refractivity (Wildman–Crippen MR) is 105 cm³/mol. The molecule has 140 valence electrons. The molecule has 0 bridgehead atoms. The molecular weight excluding hydrogens is 336 g/mol. The molecule has 0 radical (unpaired) electrons. The average Bonchev–Trinajstić information content (AvgIpc) is 3.12. The van der Waals surface area contributed by atoms with E-state index in [9.17, 15) is 9.59 Å². The molecule has 2 aliphatic rings. The van der Waals surface area contributed by atoms with Crippen molar-refractivity contribution in [3.8, 4) is 0 Å². The average molecular weight is 362 g/mol. The molecule has 4 heteroatoms. The van der Waals surface area contributed by atoms with E-state index in [1.165, 1.54) is 5.56 Å². The highest BCUT2D eigenvalue weighted by Gasteiger charge is 2.30. The Morgan fingerprint density at radius 1 is 1.04 bits per heavy atom. The molecule has 0 unspecified atom stereocenters. The Labute approximate surface area is 160 Å². The summed E-state index contributed by atoms with van der Waals surface area (Å²) in [6.07, 6.45) is 4.49. The van der Waals surface area contributed by atoms with Crippen LogP contribution in [0.1, 0.15) is 54.3 Å². The predicted octanol–water partition coefficient (Wildman–Crippen LogP) is 3.59. The van der Waals surface area contributed by atoms with E-state index in [1.807, 2.05) is 47.4 Å². The Bertz CT molecular complexity index is 818. The Hall–Kier alpha value is -2.62. The van der Waals surface area contributed by atoms with Crippen molar-refractivity contribution in [3.05, 3.63) is 71.3 Å². The molecular formula is C23H26N2O2. The lowest BCUT2D eigenvalue weighted by Gasteiger charge is -2.29. The van der Waals surface area contributed by atoms with E-state index in [4.69, 9.17) is 0 Å². The van der Waals surface area contributed by atoms with E-state index in [0.29, 0.717) is 13.0 Å². The van der Waals surface area contributed by atoms with Gasteiger partial charge in [-0.1, -0.05) is 54.6 Å². The number of hydrogen-bond donors (Lipinski definition) is 1. The number of carbonyl (C=O) groups is 2. The van der Waals surface area contributed by atoms with Gasteiger partial charge >= 0.3 is 0 Å². The zero-order valence-corrected chi connectivity index (χ0v) is 15.6. The van der Waals surface area contributed by atoms with Crippen LogP contribution in [0.2, 0.25) is 0 Å². The maximum atomic E-state index is 13.2. The van der Waals surface area contributed by atoms with Gasteiger partial charge < -0.3 is 10.2 Å². The van der Waals surface area contributed by atoms with Crippen molar-refractivity contribution in [2.75, 3.05) is 13.1 Å². The highest BCUT2D eigenvalue weighted by Crippen LogP contribution is 2.32. The summed E-state index contributed by atoms with van der Waals surface area (Å²) in [5.74, 6) is 0.159. The van der Waals surface area contributed by atoms with Crippen molar-refractivity contribution in [1.29, 1.82) is 0 Å². The largest absolute Gasteiger partial charge is 0.347 e. The Kier molecular flexibility index (Phi) is 5.23. The maximum Gasteiger partial charge on any atom is 0.228 e. The third kappa shape index (κ3) is 3.90. The number of nitrogens with zero attached hydrogens (tertiary/aromatic N) is 1. The van der Waals surface area contributed by atoms with Crippen LogP contribution in [0.15, 0.2) is 54.6 Å². The number of benzene rings is 2. The van der Waals surface area contributed by atoms with Crippen LogP contribution in [0, 0.1) is 0 Å². The molecule has 1 heterocycles. The molecule has 27 heavy (non-hydrogen) atoms. The topological polar surface area (TPSA) is 49.4 Å². The fourth-order valence-corrected chi connectivity index (χ4v) is 4.34.